The number of methoxy groups -OCH3 is 1. The molecule has 0 N–H and O–H groups in total. The largest absolute Gasteiger partial charge is 0.497 e. The van der Waals surface area contributed by atoms with Crippen molar-refractivity contribution in [2.75, 3.05) is 14.2 Å². The number of nitrogens with zero attached hydrogens (tertiary/aromatic N) is 2. The first kappa shape index (κ1) is 18.6. The summed E-state index contributed by atoms with van der Waals surface area (Å²) in [6, 6.07) is 16.7. The third-order valence-electron chi connectivity index (χ3n) is 5.40. The second-order valence-corrected chi connectivity index (χ2v) is 7.56. The summed E-state index contributed by atoms with van der Waals surface area (Å²) >= 11 is 6.06. The summed E-state index contributed by atoms with van der Waals surface area (Å²) in [5.74, 6) is 1.17. The predicted molar refractivity (Wildman–Crippen MR) is 111 cm³/mol. The van der Waals surface area contributed by atoms with E-state index in [0.717, 1.165) is 0 Å². The molecule has 1 atom stereocenters. The molecule has 5 rings (SSSR count). The fraction of sp³-hybridized carbons (Fsp3) is 0.130. The minimum absolute atomic E-state index is 0.226. The minimum atomic E-state index is -1.37. The van der Waals surface area contributed by atoms with Crippen molar-refractivity contribution >= 4 is 23.3 Å². The molecule has 1 unspecified atom stereocenters. The highest BCUT2D eigenvalue weighted by molar-refractivity contribution is 6.31. The smallest absolute Gasteiger partial charge is 0.265 e. The van der Waals surface area contributed by atoms with Gasteiger partial charge in [0.1, 0.15) is 28.9 Å². The molecule has 0 saturated carbocycles. The van der Waals surface area contributed by atoms with Crippen LogP contribution in [0.2, 0.25) is 5.02 Å². The van der Waals surface area contributed by atoms with Gasteiger partial charge in [0.05, 0.1) is 7.11 Å². The van der Waals surface area contributed by atoms with Crippen molar-refractivity contribution in [3.8, 4) is 17.2 Å². The van der Waals surface area contributed by atoms with Crippen LogP contribution < -0.4 is 9.47 Å². The predicted octanol–water partition coefficient (Wildman–Crippen LogP) is 4.76. The number of ether oxygens (including phenoxy) is 2. The summed E-state index contributed by atoms with van der Waals surface area (Å²) in [5.41, 5.74) is 0.220. The van der Waals surface area contributed by atoms with Crippen LogP contribution in [-0.2, 0) is 10.3 Å². The standard InChI is InChI=1S/C23H16ClFN2O3/c1-27-21(13-9-14(24)11-15(25)10-13)26-23(22(27)28)17-5-3-4-6-19(17)30-20-8-7-16(29-2)12-18(20)23/h3-12H,1-2H3. The molecule has 2 aliphatic rings. The molecule has 0 fully saturated rings. The van der Waals surface area contributed by atoms with Gasteiger partial charge in [-0.25, -0.2) is 9.38 Å². The Hall–Kier alpha value is -3.38. The second kappa shape index (κ2) is 6.57. The molecule has 1 amide bonds. The lowest BCUT2D eigenvalue weighted by atomic mass is 9.80. The zero-order valence-electron chi connectivity index (χ0n) is 16.1. The number of benzene rings is 3. The van der Waals surface area contributed by atoms with Crippen molar-refractivity contribution in [1.29, 1.82) is 0 Å². The fourth-order valence-electron chi connectivity index (χ4n) is 4.04. The van der Waals surface area contributed by atoms with Crippen LogP contribution in [0.15, 0.2) is 65.7 Å². The van der Waals surface area contributed by atoms with Crippen LogP contribution >= 0.6 is 11.6 Å². The van der Waals surface area contributed by atoms with E-state index in [1.165, 1.54) is 17.0 Å². The lowest BCUT2D eigenvalue weighted by Gasteiger charge is -2.33. The SMILES string of the molecule is COc1ccc2c(c1)C1(N=C(c3cc(F)cc(Cl)c3)N(C)C1=O)c1ccccc1O2. The van der Waals surface area contributed by atoms with Gasteiger partial charge in [-0.1, -0.05) is 29.8 Å². The molecule has 3 aromatic carbocycles. The number of amidine groups is 1. The number of para-hydroxylation sites is 1. The summed E-state index contributed by atoms with van der Waals surface area (Å²) in [5, 5.41) is 0.226. The molecule has 0 saturated heterocycles. The average molecular weight is 423 g/mol. The Morgan fingerprint density at radius 1 is 1.07 bits per heavy atom. The number of amides is 1. The zero-order valence-corrected chi connectivity index (χ0v) is 16.9. The van der Waals surface area contributed by atoms with Crippen LogP contribution in [0, 0.1) is 5.82 Å². The van der Waals surface area contributed by atoms with Crippen molar-refractivity contribution in [2.45, 2.75) is 5.54 Å². The molecule has 2 heterocycles. The highest BCUT2D eigenvalue weighted by Crippen LogP contribution is 2.52. The highest BCUT2D eigenvalue weighted by Gasteiger charge is 2.55. The summed E-state index contributed by atoms with van der Waals surface area (Å²) in [4.78, 5) is 20.1. The number of carbonyl (C=O) groups excluding carboxylic acids is 1. The van der Waals surface area contributed by atoms with Gasteiger partial charge < -0.3 is 9.47 Å². The fourth-order valence-corrected chi connectivity index (χ4v) is 4.26. The number of fused-ring (bicyclic) bond motifs is 4. The average Bonchev–Trinajstić information content (AvgIpc) is 3.00. The molecule has 0 radical (unpaired) electrons. The van der Waals surface area contributed by atoms with Gasteiger partial charge >= 0.3 is 0 Å². The highest BCUT2D eigenvalue weighted by atomic mass is 35.5. The third kappa shape index (κ3) is 2.53. The molecule has 1 spiro atoms. The number of carbonyl (C=O) groups is 1. The molecule has 150 valence electrons. The molecule has 7 heteroatoms. The van der Waals surface area contributed by atoms with Crippen LogP contribution in [0.1, 0.15) is 16.7 Å². The number of hydrogen-bond donors (Lipinski definition) is 0. The lowest BCUT2D eigenvalue weighted by Crippen LogP contribution is -2.41. The van der Waals surface area contributed by atoms with Gasteiger partial charge in [-0.2, -0.15) is 0 Å². The maximum atomic E-state index is 14.0. The normalized spacial score (nSPS) is 19.3. The number of halogens is 2. The molecule has 0 aromatic heterocycles. The third-order valence-corrected chi connectivity index (χ3v) is 5.62. The Kier molecular flexibility index (Phi) is 4.08. The van der Waals surface area contributed by atoms with E-state index in [-0.39, 0.29) is 10.9 Å². The Bertz CT molecular complexity index is 1220. The summed E-state index contributed by atoms with van der Waals surface area (Å²) in [6.45, 7) is 0. The van der Waals surface area contributed by atoms with Gasteiger partial charge in [-0.3, -0.25) is 9.69 Å². The first-order valence-corrected chi connectivity index (χ1v) is 9.62. The second-order valence-electron chi connectivity index (χ2n) is 7.13. The zero-order chi connectivity index (χ0) is 21.0. The van der Waals surface area contributed by atoms with Crippen LogP contribution in [0.5, 0.6) is 17.2 Å². The van der Waals surface area contributed by atoms with Crippen LogP contribution in [-0.4, -0.2) is 30.8 Å². The molecule has 2 aliphatic heterocycles. The quantitative estimate of drug-likeness (QED) is 0.598. The van der Waals surface area contributed by atoms with Crippen molar-refractivity contribution in [3.05, 3.63) is 88.2 Å². The van der Waals surface area contributed by atoms with Crippen molar-refractivity contribution in [1.82, 2.24) is 4.90 Å². The van der Waals surface area contributed by atoms with Crippen molar-refractivity contribution in [2.24, 2.45) is 4.99 Å². The maximum absolute atomic E-state index is 14.0. The molecule has 3 aromatic rings. The minimum Gasteiger partial charge on any atom is -0.497 e. The van der Waals surface area contributed by atoms with E-state index in [0.29, 0.717) is 39.8 Å². The molecular weight excluding hydrogens is 407 g/mol. The van der Waals surface area contributed by atoms with Gasteiger partial charge in [0, 0.05) is 28.8 Å². The summed E-state index contributed by atoms with van der Waals surface area (Å²) in [6.07, 6.45) is 0. The molecule has 0 aliphatic carbocycles. The lowest BCUT2D eigenvalue weighted by molar-refractivity contribution is -0.129. The van der Waals surface area contributed by atoms with Crippen LogP contribution in [0.4, 0.5) is 4.39 Å². The Morgan fingerprint density at radius 2 is 1.83 bits per heavy atom. The Balaban J connectivity index is 1.82. The van der Waals surface area contributed by atoms with E-state index in [1.807, 2.05) is 18.2 Å². The van der Waals surface area contributed by atoms with Crippen LogP contribution in [0.3, 0.4) is 0 Å². The Morgan fingerprint density at radius 3 is 2.60 bits per heavy atom. The number of likely N-dealkylation sites (N-methyl/N-ethyl adjacent to an activating group) is 1. The summed E-state index contributed by atoms with van der Waals surface area (Å²) in [7, 11) is 3.17. The van der Waals surface area contributed by atoms with Crippen molar-refractivity contribution in [3.63, 3.8) is 0 Å². The first-order chi connectivity index (χ1) is 14.4. The van der Waals surface area contributed by atoms with Gasteiger partial charge in [0.15, 0.2) is 5.54 Å². The topological polar surface area (TPSA) is 51.1 Å². The first-order valence-electron chi connectivity index (χ1n) is 9.24. The van der Waals surface area contributed by atoms with E-state index in [9.17, 15) is 9.18 Å². The molecule has 5 nitrogen and oxygen atoms in total. The van der Waals surface area contributed by atoms with Crippen LogP contribution in [0.25, 0.3) is 0 Å². The molecule has 0 bridgehead atoms. The number of rotatable bonds is 2. The van der Waals surface area contributed by atoms with E-state index in [4.69, 9.17) is 26.1 Å². The van der Waals surface area contributed by atoms with E-state index in [2.05, 4.69) is 0 Å². The van der Waals surface area contributed by atoms with Gasteiger partial charge in [0.2, 0.25) is 0 Å². The van der Waals surface area contributed by atoms with E-state index < -0.39 is 11.4 Å². The number of aliphatic imine (C=N–C) groups is 1. The monoisotopic (exact) mass is 422 g/mol. The van der Waals surface area contributed by atoms with E-state index in [1.54, 1.807) is 44.5 Å². The Labute approximate surface area is 177 Å². The van der Waals surface area contributed by atoms with Gasteiger partial charge in [-0.05, 0) is 42.5 Å². The molecular formula is C23H16ClFN2O3. The van der Waals surface area contributed by atoms with Gasteiger partial charge in [0.25, 0.3) is 5.91 Å². The maximum Gasteiger partial charge on any atom is 0.265 e. The van der Waals surface area contributed by atoms with E-state index >= 15 is 0 Å². The number of hydrogen-bond acceptors (Lipinski definition) is 4. The molecule has 30 heavy (non-hydrogen) atoms. The van der Waals surface area contributed by atoms with Crippen molar-refractivity contribution < 1.29 is 18.7 Å². The van der Waals surface area contributed by atoms with Gasteiger partial charge in [-0.15, -0.1) is 0 Å². The summed E-state index contributed by atoms with van der Waals surface area (Å²) < 4.78 is 25.5.